The predicted octanol–water partition coefficient (Wildman–Crippen LogP) is 7.66. The minimum atomic E-state index is -0.552. The number of hydrogen-bond acceptors (Lipinski definition) is 2. The minimum Gasteiger partial charge on any atom is -0.307 e. The molecule has 34 heavy (non-hydrogen) atoms. The first kappa shape index (κ1) is 24.3. The lowest BCUT2D eigenvalue weighted by Crippen LogP contribution is -2.68. The monoisotopic (exact) mass is 463 g/mol. The molecule has 0 heterocycles. The second kappa shape index (κ2) is 6.86. The van der Waals surface area contributed by atoms with Gasteiger partial charge in [-0.15, -0.1) is 0 Å². The average Bonchev–Trinajstić information content (AvgIpc) is 2.74. The van der Waals surface area contributed by atoms with Gasteiger partial charge in [0.2, 0.25) is 5.70 Å². The van der Waals surface area contributed by atoms with Crippen LogP contribution in [0.3, 0.4) is 0 Å². The molecule has 8 atom stereocenters. The molecule has 4 saturated carbocycles. The lowest BCUT2D eigenvalue weighted by Gasteiger charge is -2.72. The van der Waals surface area contributed by atoms with Crippen LogP contribution in [0.4, 0.5) is 0 Å². The summed E-state index contributed by atoms with van der Waals surface area (Å²) in [7, 11) is 0. The fourth-order valence-corrected chi connectivity index (χ4v) is 10.5. The molecule has 3 nitrogen and oxygen atoms in total. The number of Topliss-reactive ketones (excluding diaryl/α,β-unsaturated/α-hetero) is 2. The molecule has 0 aromatic heterocycles. The maximum atomic E-state index is 14.3. The number of ketones is 2. The SMILES string of the molecule is [C-]#[N+]C1=C[C@]2(C)[C@H]3CC(=O)C4C5CC(C)(C)CC[C@]5(C)CC[C@@]4(C)[C@]3(C)CC[C@H]2C(C)(C)C1=O. The Morgan fingerprint density at radius 3 is 2.15 bits per heavy atom. The maximum Gasteiger partial charge on any atom is 0.226 e. The summed E-state index contributed by atoms with van der Waals surface area (Å²) < 4.78 is 0. The van der Waals surface area contributed by atoms with E-state index >= 15 is 0 Å². The van der Waals surface area contributed by atoms with Crippen molar-refractivity contribution in [2.24, 2.45) is 56.2 Å². The Labute approximate surface area is 207 Å². The Morgan fingerprint density at radius 1 is 0.853 bits per heavy atom. The molecule has 0 bridgehead atoms. The van der Waals surface area contributed by atoms with Gasteiger partial charge in [-0.3, -0.25) is 4.79 Å². The number of carbonyl (C=O) groups excluding carboxylic acids is 2. The number of carbonyl (C=O) groups is 2. The van der Waals surface area contributed by atoms with E-state index in [1.165, 1.54) is 25.7 Å². The Morgan fingerprint density at radius 2 is 1.50 bits per heavy atom. The van der Waals surface area contributed by atoms with E-state index in [1.54, 1.807) is 0 Å². The molecular formula is C31H45NO2. The highest BCUT2D eigenvalue weighted by Gasteiger charge is 2.71. The van der Waals surface area contributed by atoms with E-state index < -0.39 is 5.41 Å². The third-order valence-electron chi connectivity index (χ3n) is 12.9. The molecule has 5 rings (SSSR count). The average molecular weight is 464 g/mol. The van der Waals surface area contributed by atoms with Crippen LogP contribution >= 0.6 is 0 Å². The van der Waals surface area contributed by atoms with E-state index in [0.717, 1.165) is 19.3 Å². The summed E-state index contributed by atoms with van der Waals surface area (Å²) in [5.74, 6) is 1.48. The van der Waals surface area contributed by atoms with Crippen molar-refractivity contribution >= 4 is 11.6 Å². The standard InChI is InChI=1S/C31H45NO2/c1-26(2)12-13-28(5)14-15-31(8)24(19(28)17-26)21(33)16-23-29(6)18-20(32-9)25(34)27(3,4)22(29)10-11-30(23,31)7/h18-19,22-24H,10-17H2,1-8H3/t19?,22-,23+,24?,28+,29-,30+,31+/m0/s1. The van der Waals surface area contributed by atoms with Gasteiger partial charge < -0.3 is 4.79 Å². The normalized spacial score (nSPS) is 51.2. The molecule has 0 N–H and O–H groups in total. The van der Waals surface area contributed by atoms with Crippen LogP contribution in [0.25, 0.3) is 4.85 Å². The van der Waals surface area contributed by atoms with Crippen molar-refractivity contribution in [1.82, 2.24) is 0 Å². The van der Waals surface area contributed by atoms with E-state index in [0.29, 0.717) is 29.2 Å². The van der Waals surface area contributed by atoms with Crippen molar-refractivity contribution in [3.05, 3.63) is 23.2 Å². The zero-order valence-corrected chi connectivity index (χ0v) is 22.8. The second-order valence-electron chi connectivity index (χ2n) is 15.3. The first-order chi connectivity index (χ1) is 15.6. The summed E-state index contributed by atoms with van der Waals surface area (Å²) in [6.07, 6.45) is 10.8. The van der Waals surface area contributed by atoms with Crippen LogP contribution in [0.15, 0.2) is 11.8 Å². The molecule has 0 saturated heterocycles. The van der Waals surface area contributed by atoms with Gasteiger partial charge in [-0.2, -0.15) is 0 Å². The van der Waals surface area contributed by atoms with E-state index in [4.69, 9.17) is 6.57 Å². The number of nitrogens with zero attached hydrogens (tertiary/aromatic N) is 1. The highest BCUT2D eigenvalue weighted by Crippen LogP contribution is 2.75. The third-order valence-corrected chi connectivity index (χ3v) is 12.9. The summed E-state index contributed by atoms with van der Waals surface area (Å²) in [5, 5.41) is 0. The van der Waals surface area contributed by atoms with Gasteiger partial charge in [-0.1, -0.05) is 61.5 Å². The Hall–Kier alpha value is -1.43. The fourth-order valence-electron chi connectivity index (χ4n) is 10.5. The zero-order valence-electron chi connectivity index (χ0n) is 22.8. The highest BCUT2D eigenvalue weighted by atomic mass is 16.1. The van der Waals surface area contributed by atoms with E-state index in [9.17, 15) is 9.59 Å². The Kier molecular flexibility index (Phi) is 4.90. The molecule has 0 aromatic rings. The molecule has 2 unspecified atom stereocenters. The summed E-state index contributed by atoms with van der Waals surface area (Å²) in [5.41, 5.74) is 0.0833. The summed E-state index contributed by atoms with van der Waals surface area (Å²) in [4.78, 5) is 31.2. The number of rotatable bonds is 0. The van der Waals surface area contributed by atoms with Gasteiger partial charge in [0.25, 0.3) is 0 Å². The number of fused-ring (bicyclic) bond motifs is 7. The summed E-state index contributed by atoms with van der Waals surface area (Å²) in [6, 6.07) is 0. The van der Waals surface area contributed by atoms with Crippen molar-refractivity contribution in [1.29, 1.82) is 0 Å². The molecule has 3 heteroatoms. The van der Waals surface area contributed by atoms with Crippen molar-refractivity contribution in [2.45, 2.75) is 107 Å². The number of hydrogen-bond donors (Lipinski definition) is 0. The van der Waals surface area contributed by atoms with Gasteiger partial charge in [0.15, 0.2) is 5.78 Å². The lowest BCUT2D eigenvalue weighted by molar-refractivity contribution is -0.220. The topological polar surface area (TPSA) is 38.5 Å². The van der Waals surface area contributed by atoms with Crippen molar-refractivity contribution in [3.8, 4) is 0 Å². The van der Waals surface area contributed by atoms with Gasteiger partial charge in [-0.25, -0.2) is 4.85 Å². The van der Waals surface area contributed by atoms with Gasteiger partial charge in [0, 0.05) is 17.8 Å². The maximum absolute atomic E-state index is 14.3. The molecule has 0 spiro atoms. The molecule has 4 fully saturated rings. The van der Waals surface area contributed by atoms with Gasteiger partial charge >= 0.3 is 0 Å². The van der Waals surface area contributed by atoms with E-state index in [-0.39, 0.29) is 45.2 Å². The molecule has 0 aliphatic heterocycles. The van der Waals surface area contributed by atoms with Crippen molar-refractivity contribution in [2.75, 3.05) is 0 Å². The van der Waals surface area contributed by atoms with Crippen LogP contribution in [0, 0.1) is 62.7 Å². The molecular weight excluding hydrogens is 418 g/mol. The minimum absolute atomic E-state index is 0.00216. The predicted molar refractivity (Wildman–Crippen MR) is 136 cm³/mol. The third kappa shape index (κ3) is 2.81. The second-order valence-corrected chi connectivity index (χ2v) is 15.3. The number of allylic oxidation sites excluding steroid dienone is 2. The van der Waals surface area contributed by atoms with Crippen LogP contribution in [-0.4, -0.2) is 11.6 Å². The van der Waals surface area contributed by atoms with Gasteiger partial charge in [0.05, 0.1) is 6.57 Å². The van der Waals surface area contributed by atoms with Crippen LogP contribution in [0.2, 0.25) is 0 Å². The van der Waals surface area contributed by atoms with Gasteiger partial charge in [-0.05, 0) is 89.8 Å². The zero-order chi connectivity index (χ0) is 25.1. The van der Waals surface area contributed by atoms with E-state index in [1.807, 2.05) is 19.9 Å². The van der Waals surface area contributed by atoms with Crippen LogP contribution in [0.1, 0.15) is 107 Å². The smallest absolute Gasteiger partial charge is 0.226 e. The van der Waals surface area contributed by atoms with E-state index in [2.05, 4.69) is 46.4 Å². The highest BCUT2D eigenvalue weighted by molar-refractivity contribution is 6.02. The lowest BCUT2D eigenvalue weighted by atomic mass is 9.32. The Balaban J connectivity index is 1.63. The molecule has 0 radical (unpaired) electrons. The quantitative estimate of drug-likeness (QED) is 0.346. The van der Waals surface area contributed by atoms with Crippen molar-refractivity contribution in [3.63, 3.8) is 0 Å². The first-order valence-corrected chi connectivity index (χ1v) is 13.7. The first-order valence-electron chi connectivity index (χ1n) is 13.7. The Bertz CT molecular complexity index is 1030. The summed E-state index contributed by atoms with van der Waals surface area (Å²) in [6.45, 7) is 26.3. The molecule has 0 amide bonds. The molecule has 186 valence electrons. The van der Waals surface area contributed by atoms with Crippen LogP contribution in [-0.2, 0) is 9.59 Å². The van der Waals surface area contributed by atoms with Gasteiger partial charge in [0.1, 0.15) is 5.78 Å². The van der Waals surface area contributed by atoms with Crippen LogP contribution < -0.4 is 0 Å². The molecule has 0 aromatic carbocycles. The fraction of sp³-hybridized carbons (Fsp3) is 0.839. The van der Waals surface area contributed by atoms with Crippen molar-refractivity contribution < 1.29 is 9.59 Å². The molecule has 5 aliphatic rings. The largest absolute Gasteiger partial charge is 0.307 e. The molecule has 5 aliphatic carbocycles. The summed E-state index contributed by atoms with van der Waals surface area (Å²) >= 11 is 0. The van der Waals surface area contributed by atoms with Crippen LogP contribution in [0.5, 0.6) is 0 Å².